The van der Waals surface area contributed by atoms with Crippen LogP contribution in [0, 0.1) is 11.7 Å². The Bertz CT molecular complexity index is 575. The lowest BCUT2D eigenvalue weighted by molar-refractivity contribution is 0.280. The average Bonchev–Trinajstić information content (AvgIpc) is 2.39. The Hall–Kier alpha value is -0.980. The van der Waals surface area contributed by atoms with Crippen molar-refractivity contribution < 1.29 is 12.8 Å². The number of hydrogen-bond donors (Lipinski definition) is 1. The minimum Gasteiger partial charge on any atom is -0.316 e. The molecule has 1 unspecified atom stereocenters. The molecule has 1 aliphatic heterocycles. The van der Waals surface area contributed by atoms with Crippen LogP contribution in [0.25, 0.3) is 0 Å². The van der Waals surface area contributed by atoms with E-state index in [4.69, 9.17) is 0 Å². The van der Waals surface area contributed by atoms with Gasteiger partial charge in [-0.1, -0.05) is 13.0 Å². The van der Waals surface area contributed by atoms with E-state index in [9.17, 15) is 12.8 Å². The van der Waals surface area contributed by atoms with Crippen LogP contribution in [0.4, 0.5) is 4.39 Å². The zero-order valence-corrected chi connectivity index (χ0v) is 12.7. The SMILES string of the molecule is CNCc1ccc(S(=O)(=O)N2CCCC(C)C2)c(F)c1. The molecule has 1 aromatic carbocycles. The molecule has 0 radical (unpaired) electrons. The third kappa shape index (κ3) is 3.19. The summed E-state index contributed by atoms with van der Waals surface area (Å²) in [6, 6.07) is 4.31. The highest BCUT2D eigenvalue weighted by Crippen LogP contribution is 2.25. The standard InChI is InChI=1S/C14H21FN2O2S/c1-11-4-3-7-17(10-11)20(18,19)14-6-5-12(9-16-2)8-13(14)15/h5-6,8,11,16H,3-4,7,9-10H2,1-2H3. The fourth-order valence-electron chi connectivity index (χ4n) is 2.57. The van der Waals surface area contributed by atoms with Crippen molar-refractivity contribution in [2.45, 2.75) is 31.2 Å². The molecule has 2 rings (SSSR count). The van der Waals surface area contributed by atoms with E-state index in [-0.39, 0.29) is 4.90 Å². The molecule has 1 aromatic rings. The van der Waals surface area contributed by atoms with Crippen molar-refractivity contribution in [1.29, 1.82) is 0 Å². The fraction of sp³-hybridized carbons (Fsp3) is 0.571. The number of halogens is 1. The molecule has 0 amide bonds. The molecule has 1 fully saturated rings. The number of hydrogen-bond acceptors (Lipinski definition) is 3. The molecule has 1 aliphatic rings. The Morgan fingerprint density at radius 2 is 2.20 bits per heavy atom. The zero-order valence-electron chi connectivity index (χ0n) is 11.9. The van der Waals surface area contributed by atoms with Crippen molar-refractivity contribution in [1.82, 2.24) is 9.62 Å². The van der Waals surface area contributed by atoms with Crippen LogP contribution < -0.4 is 5.32 Å². The maximum atomic E-state index is 14.1. The molecular formula is C14H21FN2O2S. The van der Waals surface area contributed by atoms with Gasteiger partial charge in [0.2, 0.25) is 10.0 Å². The molecule has 0 saturated carbocycles. The van der Waals surface area contributed by atoms with E-state index in [0.29, 0.717) is 25.6 Å². The van der Waals surface area contributed by atoms with Crippen molar-refractivity contribution in [2.75, 3.05) is 20.1 Å². The molecule has 1 N–H and O–H groups in total. The van der Waals surface area contributed by atoms with Gasteiger partial charge >= 0.3 is 0 Å². The van der Waals surface area contributed by atoms with Crippen LogP contribution >= 0.6 is 0 Å². The van der Waals surface area contributed by atoms with Gasteiger partial charge in [0.25, 0.3) is 0 Å². The number of nitrogens with zero attached hydrogens (tertiary/aromatic N) is 1. The highest BCUT2D eigenvalue weighted by atomic mass is 32.2. The summed E-state index contributed by atoms with van der Waals surface area (Å²) in [5.74, 6) is -0.346. The van der Waals surface area contributed by atoms with Crippen LogP contribution in [-0.2, 0) is 16.6 Å². The number of sulfonamides is 1. The van der Waals surface area contributed by atoms with Crippen molar-refractivity contribution in [2.24, 2.45) is 5.92 Å². The molecule has 0 spiro atoms. The van der Waals surface area contributed by atoms with Crippen LogP contribution in [0.3, 0.4) is 0 Å². The summed E-state index contributed by atoms with van der Waals surface area (Å²) in [5.41, 5.74) is 0.732. The number of piperidine rings is 1. The van der Waals surface area contributed by atoms with Gasteiger partial charge in [-0.05, 0) is 43.5 Å². The normalized spacial score (nSPS) is 21.1. The Morgan fingerprint density at radius 1 is 1.45 bits per heavy atom. The van der Waals surface area contributed by atoms with Crippen molar-refractivity contribution in [3.63, 3.8) is 0 Å². The van der Waals surface area contributed by atoms with Gasteiger partial charge in [-0.2, -0.15) is 4.31 Å². The van der Waals surface area contributed by atoms with Gasteiger partial charge in [0, 0.05) is 19.6 Å². The van der Waals surface area contributed by atoms with Crippen LogP contribution in [0.5, 0.6) is 0 Å². The molecule has 0 aromatic heterocycles. The summed E-state index contributed by atoms with van der Waals surface area (Å²) in [4.78, 5) is -0.216. The molecule has 4 nitrogen and oxygen atoms in total. The Balaban J connectivity index is 2.29. The largest absolute Gasteiger partial charge is 0.316 e. The van der Waals surface area contributed by atoms with Gasteiger partial charge in [0.1, 0.15) is 10.7 Å². The minimum absolute atomic E-state index is 0.216. The first-order valence-electron chi connectivity index (χ1n) is 6.88. The summed E-state index contributed by atoms with van der Waals surface area (Å²) in [7, 11) is -1.96. The molecule has 20 heavy (non-hydrogen) atoms. The molecule has 0 bridgehead atoms. The molecule has 112 valence electrons. The predicted molar refractivity (Wildman–Crippen MR) is 76.3 cm³/mol. The monoisotopic (exact) mass is 300 g/mol. The lowest BCUT2D eigenvalue weighted by atomic mass is 10.0. The van der Waals surface area contributed by atoms with Gasteiger partial charge in [0.15, 0.2) is 0 Å². The van der Waals surface area contributed by atoms with Crippen LogP contribution in [0.2, 0.25) is 0 Å². The maximum Gasteiger partial charge on any atom is 0.245 e. The van der Waals surface area contributed by atoms with Gasteiger partial charge in [-0.3, -0.25) is 0 Å². The number of benzene rings is 1. The third-order valence-electron chi connectivity index (χ3n) is 3.61. The highest BCUT2D eigenvalue weighted by molar-refractivity contribution is 7.89. The van der Waals surface area contributed by atoms with Gasteiger partial charge < -0.3 is 5.32 Å². The molecule has 1 heterocycles. The van der Waals surface area contributed by atoms with Crippen molar-refractivity contribution >= 4 is 10.0 Å². The lowest BCUT2D eigenvalue weighted by Crippen LogP contribution is -2.39. The smallest absolute Gasteiger partial charge is 0.245 e. The summed E-state index contributed by atoms with van der Waals surface area (Å²) in [6.07, 6.45) is 1.86. The molecule has 0 aliphatic carbocycles. The average molecular weight is 300 g/mol. The lowest BCUT2D eigenvalue weighted by Gasteiger charge is -2.30. The van der Waals surface area contributed by atoms with Crippen LogP contribution in [-0.4, -0.2) is 32.9 Å². The second-order valence-electron chi connectivity index (χ2n) is 5.41. The second-order valence-corrected chi connectivity index (χ2v) is 7.31. The Morgan fingerprint density at radius 3 is 2.80 bits per heavy atom. The van der Waals surface area contributed by atoms with Gasteiger partial charge in [0.05, 0.1) is 0 Å². The first kappa shape index (κ1) is 15.4. The van der Waals surface area contributed by atoms with Crippen molar-refractivity contribution in [3.05, 3.63) is 29.6 Å². The number of nitrogens with one attached hydrogen (secondary N) is 1. The first-order valence-corrected chi connectivity index (χ1v) is 8.32. The van der Waals surface area contributed by atoms with E-state index < -0.39 is 15.8 Å². The van der Waals surface area contributed by atoms with Gasteiger partial charge in [-0.15, -0.1) is 0 Å². The van der Waals surface area contributed by atoms with E-state index in [1.807, 2.05) is 6.92 Å². The Kier molecular flexibility index (Phi) is 4.78. The topological polar surface area (TPSA) is 49.4 Å². The van der Waals surface area contributed by atoms with E-state index in [1.54, 1.807) is 13.1 Å². The fourth-order valence-corrected chi connectivity index (χ4v) is 4.22. The molecular weight excluding hydrogens is 279 g/mol. The first-order chi connectivity index (χ1) is 9.45. The molecule has 1 saturated heterocycles. The summed E-state index contributed by atoms with van der Waals surface area (Å²) in [5, 5.41) is 2.91. The van der Waals surface area contributed by atoms with Crippen LogP contribution in [0.15, 0.2) is 23.1 Å². The van der Waals surface area contributed by atoms with Gasteiger partial charge in [-0.25, -0.2) is 12.8 Å². The second kappa shape index (κ2) is 6.20. The highest BCUT2D eigenvalue weighted by Gasteiger charge is 2.30. The zero-order chi connectivity index (χ0) is 14.8. The predicted octanol–water partition coefficient (Wildman–Crippen LogP) is 1.97. The van der Waals surface area contributed by atoms with E-state index >= 15 is 0 Å². The Labute approximate surface area is 120 Å². The van der Waals surface area contributed by atoms with Crippen LogP contribution in [0.1, 0.15) is 25.3 Å². The number of rotatable bonds is 4. The molecule has 6 heteroatoms. The summed E-state index contributed by atoms with van der Waals surface area (Å²) in [6.45, 7) is 3.48. The summed E-state index contributed by atoms with van der Waals surface area (Å²) >= 11 is 0. The third-order valence-corrected chi connectivity index (χ3v) is 5.51. The maximum absolute atomic E-state index is 14.1. The van der Waals surface area contributed by atoms with E-state index in [1.165, 1.54) is 16.4 Å². The van der Waals surface area contributed by atoms with E-state index in [2.05, 4.69) is 5.32 Å². The van der Waals surface area contributed by atoms with E-state index in [0.717, 1.165) is 18.4 Å². The molecule has 1 atom stereocenters. The summed E-state index contributed by atoms with van der Waals surface area (Å²) < 4.78 is 40.5. The minimum atomic E-state index is -3.72. The quantitative estimate of drug-likeness (QED) is 0.925. The van der Waals surface area contributed by atoms with Crippen molar-refractivity contribution in [3.8, 4) is 0 Å².